The number of hydrogen-bond acceptors (Lipinski definition) is 8. The van der Waals surface area contributed by atoms with Crippen LogP contribution < -0.4 is 10.1 Å². The van der Waals surface area contributed by atoms with Crippen LogP contribution in [-0.2, 0) is 21.2 Å². The number of alkyl halides is 3. The van der Waals surface area contributed by atoms with Gasteiger partial charge >= 0.3 is 6.36 Å². The quantitative estimate of drug-likeness (QED) is 0.392. The van der Waals surface area contributed by atoms with E-state index < -0.39 is 39.2 Å². The van der Waals surface area contributed by atoms with Crippen LogP contribution >= 0.6 is 0 Å². The van der Waals surface area contributed by atoms with Crippen molar-refractivity contribution in [2.45, 2.75) is 63.5 Å². The summed E-state index contributed by atoms with van der Waals surface area (Å²) in [6.45, 7) is 4.06. The third-order valence-electron chi connectivity index (χ3n) is 9.09. The highest BCUT2D eigenvalue weighted by Gasteiger charge is 2.47. The number of ether oxygens (including phenoxy) is 1. The van der Waals surface area contributed by atoms with E-state index in [1.807, 2.05) is 13.8 Å². The summed E-state index contributed by atoms with van der Waals surface area (Å²) < 4.78 is 70.0. The molecular formula is C31H37F3N4O7S. The first-order chi connectivity index (χ1) is 21.5. The van der Waals surface area contributed by atoms with Gasteiger partial charge in [0.25, 0.3) is 11.8 Å². The topological polar surface area (TPSA) is 149 Å². The number of benzene rings is 2. The first-order valence-electron chi connectivity index (χ1n) is 15.0. The van der Waals surface area contributed by atoms with Crippen LogP contribution in [0.2, 0.25) is 0 Å². The molecule has 2 amide bonds. The molecule has 0 aliphatic carbocycles. The predicted molar refractivity (Wildman–Crippen MR) is 162 cm³/mol. The Labute approximate surface area is 265 Å². The van der Waals surface area contributed by atoms with Gasteiger partial charge in [0.2, 0.25) is 10.0 Å². The first kappa shape index (κ1) is 33.8. The fourth-order valence-electron chi connectivity index (χ4n) is 6.31. The minimum atomic E-state index is -4.87. The van der Waals surface area contributed by atoms with E-state index in [2.05, 4.69) is 15.0 Å². The number of amides is 2. The molecule has 3 heterocycles. The summed E-state index contributed by atoms with van der Waals surface area (Å²) >= 11 is 0. The van der Waals surface area contributed by atoms with Crippen LogP contribution in [0.25, 0.3) is 0 Å². The van der Waals surface area contributed by atoms with Crippen LogP contribution in [0.1, 0.15) is 58.3 Å². The lowest BCUT2D eigenvalue weighted by molar-refractivity contribution is -0.274. The molecule has 2 saturated heterocycles. The number of sulfonamides is 1. The lowest BCUT2D eigenvalue weighted by atomic mass is 9.89. The number of hydrogen-bond donors (Lipinski definition) is 3. The van der Waals surface area contributed by atoms with Crippen LogP contribution in [0.15, 0.2) is 41.4 Å². The highest BCUT2D eigenvalue weighted by atomic mass is 32.2. The van der Waals surface area contributed by atoms with E-state index in [9.17, 15) is 41.4 Å². The van der Waals surface area contributed by atoms with E-state index in [1.54, 1.807) is 17.0 Å². The minimum Gasteiger partial charge on any atom is -0.406 e. The van der Waals surface area contributed by atoms with Gasteiger partial charge in [-0.25, -0.2) is 12.7 Å². The van der Waals surface area contributed by atoms with Gasteiger partial charge in [-0.1, -0.05) is 12.1 Å². The second-order valence-corrected chi connectivity index (χ2v) is 14.3. The number of aryl methyl sites for hydroxylation is 2. The largest absolute Gasteiger partial charge is 0.573 e. The standard InChI is InChI=1S/C31H37F3N4O7S/c1-20-16-23(27(40)37-11-7-29(42,19-39)8-12-37)17-21(2)25(20)6-15-46(43,44)38-13-9-30(10-14-38)28(41)35-26(36-30)22-4-3-5-24(18-22)45-31(32,33)34/h3-5,16-18,39,42H,6-15,19H2,1-2H3,(H,35,36,41). The van der Waals surface area contributed by atoms with Gasteiger partial charge in [-0.15, -0.1) is 13.2 Å². The van der Waals surface area contributed by atoms with Crippen LogP contribution in [0.5, 0.6) is 5.75 Å². The molecule has 2 aromatic rings. The maximum atomic E-state index is 13.3. The Balaban J connectivity index is 1.20. The molecule has 2 fully saturated rings. The monoisotopic (exact) mass is 666 g/mol. The van der Waals surface area contributed by atoms with Crippen molar-refractivity contribution in [3.63, 3.8) is 0 Å². The van der Waals surface area contributed by atoms with Crippen molar-refractivity contribution in [1.29, 1.82) is 0 Å². The van der Waals surface area contributed by atoms with Crippen LogP contribution in [0.3, 0.4) is 0 Å². The van der Waals surface area contributed by atoms with Crippen LogP contribution in [0.4, 0.5) is 13.2 Å². The summed E-state index contributed by atoms with van der Waals surface area (Å²) in [6.07, 6.45) is -3.85. The third kappa shape index (κ3) is 7.22. The third-order valence-corrected chi connectivity index (χ3v) is 11.0. The molecular weight excluding hydrogens is 629 g/mol. The number of carbonyl (C=O) groups is 2. The fourth-order valence-corrected chi connectivity index (χ4v) is 7.76. The van der Waals surface area contributed by atoms with E-state index in [0.717, 1.165) is 28.8 Å². The van der Waals surface area contributed by atoms with E-state index in [1.165, 1.54) is 16.4 Å². The maximum Gasteiger partial charge on any atom is 0.573 e. The molecule has 250 valence electrons. The molecule has 46 heavy (non-hydrogen) atoms. The summed E-state index contributed by atoms with van der Waals surface area (Å²) in [5.74, 6) is -1.13. The molecule has 0 radical (unpaired) electrons. The van der Waals surface area contributed by atoms with Crippen LogP contribution in [0, 0.1) is 13.8 Å². The Bertz CT molecular complexity index is 1620. The molecule has 3 aliphatic heterocycles. The second-order valence-electron chi connectivity index (χ2n) is 12.3. The van der Waals surface area contributed by atoms with Crippen LogP contribution in [-0.4, -0.2) is 102 Å². The average molecular weight is 667 g/mol. The molecule has 11 nitrogen and oxygen atoms in total. The van der Waals surface area contributed by atoms with Gasteiger partial charge in [0.1, 0.15) is 17.1 Å². The van der Waals surface area contributed by atoms with Gasteiger partial charge in [-0.2, -0.15) is 0 Å². The molecule has 1 spiro atoms. The van der Waals surface area contributed by atoms with Crippen molar-refractivity contribution >= 4 is 27.7 Å². The molecule has 0 aromatic heterocycles. The fraction of sp³-hybridized carbons (Fsp3) is 0.516. The SMILES string of the molecule is Cc1cc(C(=O)N2CCC(O)(CO)CC2)cc(C)c1CCS(=O)(=O)N1CCC2(CC1)N=C(c1cccc(OC(F)(F)F)c1)NC2=O. The van der Waals surface area contributed by atoms with Crippen molar-refractivity contribution < 1.29 is 46.1 Å². The summed E-state index contributed by atoms with van der Waals surface area (Å²) in [7, 11) is -3.71. The zero-order valence-electron chi connectivity index (χ0n) is 25.6. The van der Waals surface area contributed by atoms with Gasteiger partial charge in [-0.05, 0) is 86.9 Å². The molecule has 0 unspecified atom stereocenters. The van der Waals surface area contributed by atoms with Gasteiger partial charge in [0.15, 0.2) is 0 Å². The second kappa shape index (κ2) is 12.6. The van der Waals surface area contributed by atoms with Crippen molar-refractivity contribution in [1.82, 2.24) is 14.5 Å². The Morgan fingerprint density at radius 3 is 2.26 bits per heavy atom. The molecule has 0 atom stereocenters. The molecule has 3 N–H and O–H groups in total. The lowest BCUT2D eigenvalue weighted by Crippen LogP contribution is -2.50. The van der Waals surface area contributed by atoms with Crippen molar-refractivity contribution in [3.8, 4) is 5.75 Å². The van der Waals surface area contributed by atoms with Gasteiger partial charge in [0.05, 0.1) is 18.0 Å². The zero-order chi connectivity index (χ0) is 33.5. The van der Waals surface area contributed by atoms with E-state index >= 15 is 0 Å². The Morgan fingerprint density at radius 1 is 1.04 bits per heavy atom. The Morgan fingerprint density at radius 2 is 1.67 bits per heavy atom. The van der Waals surface area contributed by atoms with Gasteiger partial charge in [0, 0.05) is 37.3 Å². The number of rotatable bonds is 8. The molecule has 3 aliphatic rings. The van der Waals surface area contributed by atoms with E-state index in [0.29, 0.717) is 18.7 Å². The Hall–Kier alpha value is -3.53. The normalized spacial score (nSPS) is 20.0. The van der Waals surface area contributed by atoms with Crippen molar-refractivity contribution in [3.05, 3.63) is 64.2 Å². The highest BCUT2D eigenvalue weighted by molar-refractivity contribution is 7.89. The molecule has 5 rings (SSSR count). The number of carbonyl (C=O) groups excluding carboxylic acids is 2. The number of amidine groups is 1. The van der Waals surface area contributed by atoms with E-state index in [-0.39, 0.29) is 74.9 Å². The zero-order valence-corrected chi connectivity index (χ0v) is 26.4. The summed E-state index contributed by atoms with van der Waals surface area (Å²) in [5.41, 5.74) is 0.726. The number of aliphatic hydroxyl groups is 2. The van der Waals surface area contributed by atoms with Crippen molar-refractivity contribution in [2.24, 2.45) is 4.99 Å². The number of halogens is 3. The predicted octanol–water partition coefficient (Wildman–Crippen LogP) is 2.44. The Kier molecular flexibility index (Phi) is 9.25. The number of nitrogens with zero attached hydrogens (tertiary/aromatic N) is 3. The van der Waals surface area contributed by atoms with Crippen molar-refractivity contribution in [2.75, 3.05) is 38.5 Å². The average Bonchev–Trinajstić information content (AvgIpc) is 3.31. The van der Waals surface area contributed by atoms with E-state index in [4.69, 9.17) is 0 Å². The summed E-state index contributed by atoms with van der Waals surface area (Å²) in [5, 5.41) is 22.3. The summed E-state index contributed by atoms with van der Waals surface area (Å²) in [6, 6.07) is 8.61. The molecule has 0 saturated carbocycles. The summed E-state index contributed by atoms with van der Waals surface area (Å²) in [4.78, 5) is 32.2. The van der Waals surface area contributed by atoms with Gasteiger partial charge in [-0.3, -0.25) is 14.6 Å². The first-order valence-corrected chi connectivity index (χ1v) is 16.6. The number of piperidine rings is 2. The maximum absolute atomic E-state index is 13.3. The highest BCUT2D eigenvalue weighted by Crippen LogP contribution is 2.33. The molecule has 2 aromatic carbocycles. The molecule has 0 bridgehead atoms. The number of nitrogens with one attached hydrogen (secondary N) is 1. The minimum absolute atomic E-state index is 0.0520. The number of aliphatic imine (C=N–C) groups is 1. The number of aliphatic hydroxyl groups excluding tert-OH is 1. The molecule has 15 heteroatoms. The lowest BCUT2D eigenvalue weighted by Gasteiger charge is -2.37. The number of likely N-dealkylation sites (tertiary alicyclic amines) is 1. The van der Waals surface area contributed by atoms with Gasteiger partial charge < -0.3 is 25.2 Å². The smallest absolute Gasteiger partial charge is 0.406 e.